The molecule has 1 aromatic rings. The van der Waals surface area contributed by atoms with Crippen LogP contribution < -0.4 is 23.8 Å². The maximum Gasteiger partial charge on any atom is 0.219 e. The van der Waals surface area contributed by atoms with Crippen LogP contribution in [0.25, 0.3) is 0 Å². The minimum absolute atomic E-state index is 1.44. The van der Waals surface area contributed by atoms with E-state index in [-0.39, 0.29) is 0 Å². The third-order valence-corrected chi connectivity index (χ3v) is 24.2. The Morgan fingerprint density at radius 3 is 1.38 bits per heavy atom. The lowest BCUT2D eigenvalue weighted by Gasteiger charge is -2.50. The second-order valence-electron chi connectivity index (χ2n) is 7.87. The summed E-state index contributed by atoms with van der Waals surface area (Å²) in [7, 11) is -6.83. The third kappa shape index (κ3) is 4.45. The van der Waals surface area contributed by atoms with E-state index in [0.29, 0.717) is 0 Å². The normalized spacial score (nSPS) is 26.6. The summed E-state index contributed by atoms with van der Waals surface area (Å²) >= 11 is 0. The number of nitrogens with one attached hydrogen (secondary N) is 4. The van der Waals surface area contributed by atoms with Crippen molar-refractivity contribution >= 4 is 38.8 Å². The second-order valence-corrected chi connectivity index (χ2v) is 24.4. The van der Waals surface area contributed by atoms with E-state index in [0.717, 1.165) is 0 Å². The molecule has 118 valence electrons. The van der Waals surface area contributed by atoms with Crippen LogP contribution >= 0.6 is 0 Å². The first-order chi connectivity index (χ1) is 9.43. The van der Waals surface area contributed by atoms with Crippen molar-refractivity contribution in [2.24, 2.45) is 0 Å². The van der Waals surface area contributed by atoms with Crippen LogP contribution in [-0.4, -0.2) is 33.6 Å². The molecule has 1 aliphatic rings. The first-order valence-electron chi connectivity index (χ1n) is 7.66. The van der Waals surface area contributed by atoms with Crippen molar-refractivity contribution in [3.05, 3.63) is 30.3 Å². The van der Waals surface area contributed by atoms with Crippen molar-refractivity contribution in [3.63, 3.8) is 0 Å². The Kier molecular flexibility index (Phi) is 4.55. The molecular formula is C13H30N4Si4. The highest BCUT2D eigenvalue weighted by molar-refractivity contribution is 7.08. The number of benzene rings is 1. The molecule has 0 amide bonds. The van der Waals surface area contributed by atoms with Crippen molar-refractivity contribution in [1.82, 2.24) is 18.6 Å². The molecule has 0 unspecified atom stereocenters. The lowest BCUT2D eigenvalue weighted by molar-refractivity contribution is 1.05. The van der Waals surface area contributed by atoms with Gasteiger partial charge in [-0.15, -0.1) is 0 Å². The van der Waals surface area contributed by atoms with Gasteiger partial charge in [0.15, 0.2) is 25.2 Å². The molecule has 0 saturated carbocycles. The average Bonchev–Trinajstić information content (AvgIpc) is 2.23. The van der Waals surface area contributed by atoms with E-state index in [4.69, 9.17) is 0 Å². The van der Waals surface area contributed by atoms with Crippen LogP contribution in [0.4, 0.5) is 0 Å². The molecule has 1 heterocycles. The quantitative estimate of drug-likeness (QED) is 0.577. The largest absolute Gasteiger partial charge is 0.336 e. The molecule has 1 aromatic carbocycles. The first-order valence-corrected chi connectivity index (χ1v) is 19.2. The number of hydrogen-bond donors (Lipinski definition) is 4. The van der Waals surface area contributed by atoms with E-state index in [9.17, 15) is 0 Å². The Balaban J connectivity index is 2.42. The zero-order valence-electron chi connectivity index (χ0n) is 14.4. The van der Waals surface area contributed by atoms with Crippen molar-refractivity contribution in [1.29, 1.82) is 0 Å². The highest BCUT2D eigenvalue weighted by Crippen LogP contribution is 2.12. The summed E-state index contributed by atoms with van der Waals surface area (Å²) in [6, 6.07) is 10.9. The lowest BCUT2D eigenvalue weighted by Crippen LogP contribution is -2.90. The molecule has 0 aromatic heterocycles. The smallest absolute Gasteiger partial charge is 0.219 e. The Bertz CT molecular complexity index is 482. The molecule has 0 bridgehead atoms. The molecule has 1 fully saturated rings. The molecule has 4 nitrogen and oxygen atoms in total. The van der Waals surface area contributed by atoms with Crippen LogP contribution in [0, 0.1) is 0 Å². The van der Waals surface area contributed by atoms with Gasteiger partial charge in [-0.2, -0.15) is 0 Å². The number of rotatable bonds is 1. The standard InChI is InChI=1S/C13H30N4Si4/c1-18(2)14-19(3,4)16-21(7,17-20(5,6)15-18)13-11-9-8-10-12-13/h8-12,14-17H,1-7H3. The summed E-state index contributed by atoms with van der Waals surface area (Å²) in [6.45, 7) is 16.7. The van der Waals surface area contributed by atoms with Crippen LogP contribution in [0.3, 0.4) is 0 Å². The van der Waals surface area contributed by atoms with Gasteiger partial charge in [-0.3, -0.25) is 0 Å². The highest BCUT2D eigenvalue weighted by atomic mass is 28.5. The molecule has 4 N–H and O–H groups in total. The number of hydrogen-bond acceptors (Lipinski definition) is 4. The average molecular weight is 355 g/mol. The van der Waals surface area contributed by atoms with Gasteiger partial charge in [0.25, 0.3) is 0 Å². The summed E-state index contributed by atoms with van der Waals surface area (Å²) in [5, 5.41) is 1.44. The Morgan fingerprint density at radius 2 is 0.952 bits per heavy atom. The molecule has 0 atom stereocenters. The van der Waals surface area contributed by atoms with E-state index >= 15 is 0 Å². The van der Waals surface area contributed by atoms with Crippen molar-refractivity contribution in [2.45, 2.75) is 45.8 Å². The predicted octanol–water partition coefficient (Wildman–Crippen LogP) is 1.44. The van der Waals surface area contributed by atoms with Gasteiger partial charge in [0, 0.05) is 0 Å². The van der Waals surface area contributed by atoms with Gasteiger partial charge < -0.3 is 18.6 Å². The van der Waals surface area contributed by atoms with Crippen LogP contribution in [0.2, 0.25) is 45.8 Å². The summed E-state index contributed by atoms with van der Waals surface area (Å²) in [5.74, 6) is 0. The third-order valence-electron chi connectivity index (χ3n) is 3.73. The fourth-order valence-electron chi connectivity index (χ4n) is 3.85. The second kappa shape index (κ2) is 5.53. The molecular weight excluding hydrogens is 325 g/mol. The van der Waals surface area contributed by atoms with E-state index in [2.05, 4.69) is 94.8 Å². The Labute approximate surface area is 133 Å². The molecule has 1 saturated heterocycles. The molecule has 0 aliphatic carbocycles. The monoisotopic (exact) mass is 354 g/mol. The minimum atomic E-state index is -1.91. The first kappa shape index (κ1) is 17.3. The van der Waals surface area contributed by atoms with Crippen LogP contribution in [0.5, 0.6) is 0 Å². The highest BCUT2D eigenvalue weighted by Gasteiger charge is 2.47. The lowest BCUT2D eigenvalue weighted by atomic mass is 10.4. The fourth-order valence-corrected chi connectivity index (χ4v) is 31.6. The zero-order chi connectivity index (χ0) is 15.9. The summed E-state index contributed by atoms with van der Waals surface area (Å²) in [5.41, 5.74) is 0. The Morgan fingerprint density at radius 1 is 0.571 bits per heavy atom. The Hall–Kier alpha value is -0.0725. The maximum atomic E-state index is 4.08. The van der Waals surface area contributed by atoms with E-state index in [1.54, 1.807) is 0 Å². The van der Waals surface area contributed by atoms with Crippen molar-refractivity contribution < 1.29 is 0 Å². The summed E-state index contributed by atoms with van der Waals surface area (Å²) < 4.78 is 16.2. The van der Waals surface area contributed by atoms with Gasteiger partial charge in [-0.25, -0.2) is 0 Å². The van der Waals surface area contributed by atoms with E-state index in [1.807, 2.05) is 0 Å². The maximum absolute atomic E-state index is 4.08. The molecule has 21 heavy (non-hydrogen) atoms. The molecule has 2 rings (SSSR count). The van der Waals surface area contributed by atoms with Gasteiger partial charge >= 0.3 is 0 Å². The van der Waals surface area contributed by atoms with Crippen LogP contribution in [-0.2, 0) is 0 Å². The van der Waals surface area contributed by atoms with Gasteiger partial charge in [0.1, 0.15) is 0 Å². The van der Waals surface area contributed by atoms with Crippen LogP contribution in [0.1, 0.15) is 0 Å². The molecule has 0 spiro atoms. The van der Waals surface area contributed by atoms with Gasteiger partial charge in [0.2, 0.25) is 8.40 Å². The van der Waals surface area contributed by atoms with Crippen LogP contribution in [0.15, 0.2) is 30.3 Å². The summed E-state index contributed by atoms with van der Waals surface area (Å²) in [6.07, 6.45) is 0. The fraction of sp³-hybridized carbons (Fsp3) is 0.538. The molecule has 1 aliphatic heterocycles. The zero-order valence-corrected chi connectivity index (χ0v) is 18.4. The van der Waals surface area contributed by atoms with E-state index in [1.165, 1.54) is 5.19 Å². The minimum Gasteiger partial charge on any atom is -0.336 e. The SMILES string of the molecule is C[Si]1(C)N[Si](C)(C)N[Si](C)(c2ccccc2)N[Si](C)(C)N1. The van der Waals surface area contributed by atoms with Crippen molar-refractivity contribution in [2.75, 3.05) is 0 Å². The van der Waals surface area contributed by atoms with E-state index < -0.39 is 33.6 Å². The van der Waals surface area contributed by atoms with Gasteiger partial charge in [0.05, 0.1) is 0 Å². The summed E-state index contributed by atoms with van der Waals surface area (Å²) in [4.78, 5) is 0. The molecule has 0 radical (unpaired) electrons. The molecule has 8 heteroatoms. The predicted molar refractivity (Wildman–Crippen MR) is 103 cm³/mol. The van der Waals surface area contributed by atoms with Gasteiger partial charge in [-0.1, -0.05) is 30.3 Å². The van der Waals surface area contributed by atoms with Gasteiger partial charge in [-0.05, 0) is 51.0 Å². The van der Waals surface area contributed by atoms with Crippen molar-refractivity contribution in [3.8, 4) is 0 Å². The topological polar surface area (TPSA) is 48.1 Å².